The van der Waals surface area contributed by atoms with Crippen LogP contribution in [0.15, 0.2) is 28.8 Å². The van der Waals surface area contributed by atoms with E-state index in [4.69, 9.17) is 4.42 Å². The Bertz CT molecular complexity index is 1060. The summed E-state index contributed by atoms with van der Waals surface area (Å²) in [6, 6.07) is 5.45. The lowest BCUT2D eigenvalue weighted by molar-refractivity contribution is -0.120. The van der Waals surface area contributed by atoms with Crippen molar-refractivity contribution in [2.45, 2.75) is 51.9 Å². The van der Waals surface area contributed by atoms with Gasteiger partial charge in [-0.3, -0.25) is 4.79 Å². The smallest absolute Gasteiger partial charge is 0.240 e. The predicted octanol–water partition coefficient (Wildman–Crippen LogP) is 5.18. The molecule has 0 unspecified atom stereocenters. The molecule has 1 amide bonds. The number of halogens is 2. The number of fused-ring (bicyclic) bond motifs is 1. The third kappa shape index (κ3) is 4.98. The molecule has 2 heterocycles. The molecule has 2 N–H and O–H groups in total. The first kappa shape index (κ1) is 21.1. The molecule has 0 saturated heterocycles. The molecular weight excluding hydrogens is 404 g/mol. The summed E-state index contributed by atoms with van der Waals surface area (Å²) in [6.45, 7) is 1.79. The van der Waals surface area contributed by atoms with Crippen LogP contribution in [0.2, 0.25) is 0 Å². The molecule has 1 aliphatic carbocycles. The van der Waals surface area contributed by atoms with E-state index in [2.05, 4.69) is 25.8 Å². The standard InChI is InChI=1S/C22H25F2N5O2/c1-13-26-12-18(31-13)15-7-8-17-16(11-15)20(25-10-9-19(23)24)21(29-28-17)27-22(30)14-5-3-2-4-6-14/h7-8,11-12,14,19H,2-6,9-10H2,1H3,(H,25,28)(H,27,29,30). The lowest BCUT2D eigenvalue weighted by Crippen LogP contribution is -2.26. The van der Waals surface area contributed by atoms with E-state index in [1.54, 1.807) is 19.2 Å². The SMILES string of the molecule is Cc1ncc(-c2ccc3nnc(NC(=O)C4CCCCC4)c(NCCC(F)F)c3c2)o1. The van der Waals surface area contributed by atoms with E-state index in [-0.39, 0.29) is 30.6 Å². The molecule has 0 bridgehead atoms. The van der Waals surface area contributed by atoms with Crippen molar-refractivity contribution >= 4 is 28.3 Å². The first-order valence-electron chi connectivity index (χ1n) is 10.6. The van der Waals surface area contributed by atoms with E-state index < -0.39 is 6.43 Å². The molecule has 1 saturated carbocycles. The lowest BCUT2D eigenvalue weighted by Gasteiger charge is -2.21. The molecule has 164 valence electrons. The van der Waals surface area contributed by atoms with Crippen LogP contribution in [0.5, 0.6) is 0 Å². The van der Waals surface area contributed by atoms with Gasteiger partial charge in [0.05, 0.1) is 17.4 Å². The minimum Gasteiger partial charge on any atom is -0.441 e. The van der Waals surface area contributed by atoms with Gasteiger partial charge in [-0.1, -0.05) is 19.3 Å². The molecular formula is C22H25F2N5O2. The summed E-state index contributed by atoms with van der Waals surface area (Å²) in [4.78, 5) is 16.9. The summed E-state index contributed by atoms with van der Waals surface area (Å²) in [5, 5.41) is 15.0. The Morgan fingerprint density at radius 3 is 2.74 bits per heavy atom. The van der Waals surface area contributed by atoms with Gasteiger partial charge in [0.25, 0.3) is 0 Å². The number of hydrogen-bond donors (Lipinski definition) is 2. The minimum absolute atomic E-state index is 0.0381. The quantitative estimate of drug-likeness (QED) is 0.538. The van der Waals surface area contributed by atoms with Gasteiger partial charge in [-0.05, 0) is 31.0 Å². The summed E-state index contributed by atoms with van der Waals surface area (Å²) in [6.07, 6.45) is 3.76. The van der Waals surface area contributed by atoms with Crippen molar-refractivity contribution in [2.75, 3.05) is 17.2 Å². The molecule has 7 nitrogen and oxygen atoms in total. The Hall–Kier alpha value is -3.10. The first-order chi connectivity index (χ1) is 15.0. The summed E-state index contributed by atoms with van der Waals surface area (Å²) in [7, 11) is 0. The number of benzene rings is 1. The van der Waals surface area contributed by atoms with Gasteiger partial charge in [0.15, 0.2) is 17.5 Å². The second kappa shape index (κ2) is 9.36. The van der Waals surface area contributed by atoms with Crippen molar-refractivity contribution in [3.05, 3.63) is 30.3 Å². The van der Waals surface area contributed by atoms with Crippen molar-refractivity contribution < 1.29 is 18.0 Å². The van der Waals surface area contributed by atoms with Crippen LogP contribution in [0.3, 0.4) is 0 Å². The summed E-state index contributed by atoms with van der Waals surface area (Å²) < 4.78 is 31.1. The highest BCUT2D eigenvalue weighted by atomic mass is 19.3. The third-order valence-electron chi connectivity index (χ3n) is 5.55. The average molecular weight is 429 g/mol. The average Bonchev–Trinajstić information content (AvgIpc) is 3.21. The molecule has 1 aromatic carbocycles. The van der Waals surface area contributed by atoms with Crippen LogP contribution in [0.4, 0.5) is 20.3 Å². The second-order valence-electron chi connectivity index (χ2n) is 7.83. The van der Waals surface area contributed by atoms with Crippen molar-refractivity contribution in [1.29, 1.82) is 0 Å². The fourth-order valence-corrected chi connectivity index (χ4v) is 3.91. The molecule has 0 aliphatic heterocycles. The normalized spacial score (nSPS) is 14.8. The Morgan fingerprint density at radius 2 is 2.03 bits per heavy atom. The van der Waals surface area contributed by atoms with Gasteiger partial charge in [-0.2, -0.15) is 0 Å². The van der Waals surface area contributed by atoms with E-state index >= 15 is 0 Å². The first-order valence-corrected chi connectivity index (χ1v) is 10.6. The number of oxazole rings is 1. The van der Waals surface area contributed by atoms with Crippen LogP contribution in [0.25, 0.3) is 22.2 Å². The molecule has 4 rings (SSSR count). The van der Waals surface area contributed by atoms with Crippen LogP contribution >= 0.6 is 0 Å². The lowest BCUT2D eigenvalue weighted by atomic mass is 9.88. The molecule has 31 heavy (non-hydrogen) atoms. The number of carbonyl (C=O) groups excluding carboxylic acids is 1. The molecule has 0 spiro atoms. The highest BCUT2D eigenvalue weighted by molar-refractivity contribution is 6.03. The largest absolute Gasteiger partial charge is 0.441 e. The number of carbonyl (C=O) groups is 1. The molecule has 0 atom stereocenters. The number of amides is 1. The topological polar surface area (TPSA) is 92.9 Å². The molecule has 2 aromatic heterocycles. The summed E-state index contributed by atoms with van der Waals surface area (Å²) in [5.41, 5.74) is 1.82. The molecule has 1 aliphatic rings. The summed E-state index contributed by atoms with van der Waals surface area (Å²) >= 11 is 0. The van der Waals surface area contributed by atoms with Crippen molar-refractivity contribution in [3.63, 3.8) is 0 Å². The third-order valence-corrected chi connectivity index (χ3v) is 5.55. The second-order valence-corrected chi connectivity index (χ2v) is 7.83. The number of nitrogens with zero attached hydrogens (tertiary/aromatic N) is 3. The van der Waals surface area contributed by atoms with Gasteiger partial charge in [0.1, 0.15) is 0 Å². The Morgan fingerprint density at radius 1 is 1.23 bits per heavy atom. The van der Waals surface area contributed by atoms with Crippen molar-refractivity contribution in [1.82, 2.24) is 15.2 Å². The predicted molar refractivity (Wildman–Crippen MR) is 114 cm³/mol. The van der Waals surface area contributed by atoms with Crippen molar-refractivity contribution in [3.8, 4) is 11.3 Å². The van der Waals surface area contributed by atoms with Crippen LogP contribution in [0, 0.1) is 12.8 Å². The maximum absolute atomic E-state index is 12.8. The van der Waals surface area contributed by atoms with Crippen LogP contribution in [-0.2, 0) is 4.79 Å². The van der Waals surface area contributed by atoms with E-state index in [0.29, 0.717) is 28.2 Å². The van der Waals surface area contributed by atoms with Crippen molar-refractivity contribution in [2.24, 2.45) is 5.92 Å². The van der Waals surface area contributed by atoms with Gasteiger partial charge in [0.2, 0.25) is 12.3 Å². The van der Waals surface area contributed by atoms with Crippen LogP contribution < -0.4 is 10.6 Å². The highest BCUT2D eigenvalue weighted by Gasteiger charge is 2.23. The van der Waals surface area contributed by atoms with Gasteiger partial charge < -0.3 is 15.1 Å². The summed E-state index contributed by atoms with van der Waals surface area (Å²) in [5.74, 6) is 1.21. The maximum Gasteiger partial charge on any atom is 0.240 e. The number of anilines is 2. The highest BCUT2D eigenvalue weighted by Crippen LogP contribution is 2.33. The van der Waals surface area contributed by atoms with E-state index in [9.17, 15) is 13.6 Å². The molecule has 9 heteroatoms. The fraction of sp³-hybridized carbons (Fsp3) is 0.455. The van der Waals surface area contributed by atoms with Gasteiger partial charge in [-0.25, -0.2) is 13.8 Å². The maximum atomic E-state index is 12.8. The van der Waals surface area contributed by atoms with E-state index in [1.165, 1.54) is 0 Å². The van der Waals surface area contributed by atoms with E-state index in [0.717, 1.165) is 37.7 Å². The van der Waals surface area contributed by atoms with Crippen LogP contribution in [-0.4, -0.2) is 34.1 Å². The fourth-order valence-electron chi connectivity index (χ4n) is 3.91. The van der Waals surface area contributed by atoms with Gasteiger partial charge in [0, 0.05) is 36.8 Å². The molecule has 1 fully saturated rings. The molecule has 3 aromatic rings. The number of aryl methyl sites for hydroxylation is 1. The number of rotatable bonds is 7. The monoisotopic (exact) mass is 429 g/mol. The number of aromatic nitrogens is 3. The number of alkyl halides is 2. The Kier molecular flexibility index (Phi) is 6.39. The van der Waals surface area contributed by atoms with Gasteiger partial charge in [-0.15, -0.1) is 10.2 Å². The minimum atomic E-state index is -2.43. The number of hydrogen-bond acceptors (Lipinski definition) is 6. The zero-order chi connectivity index (χ0) is 21.8. The Labute approximate surface area is 178 Å². The zero-order valence-corrected chi connectivity index (χ0v) is 17.3. The van der Waals surface area contributed by atoms with Crippen LogP contribution in [0.1, 0.15) is 44.4 Å². The zero-order valence-electron chi connectivity index (χ0n) is 17.3. The van der Waals surface area contributed by atoms with E-state index in [1.807, 2.05) is 12.1 Å². The molecule has 0 radical (unpaired) electrons. The van der Waals surface area contributed by atoms with Gasteiger partial charge >= 0.3 is 0 Å². The number of nitrogens with one attached hydrogen (secondary N) is 2. The Balaban J connectivity index is 1.69.